The molecule has 1 fully saturated rings. The van der Waals surface area contributed by atoms with Gasteiger partial charge in [0.15, 0.2) is 0 Å². The predicted molar refractivity (Wildman–Crippen MR) is 163 cm³/mol. The fourth-order valence-electron chi connectivity index (χ4n) is 5.04. The number of halogens is 1. The summed E-state index contributed by atoms with van der Waals surface area (Å²) in [6.07, 6.45) is 5.13. The van der Waals surface area contributed by atoms with E-state index < -0.39 is 28.5 Å². The van der Waals surface area contributed by atoms with Crippen LogP contribution in [0.4, 0.5) is 5.69 Å². The highest BCUT2D eigenvalue weighted by molar-refractivity contribution is 7.92. The van der Waals surface area contributed by atoms with Crippen LogP contribution in [0.3, 0.4) is 0 Å². The zero-order valence-electron chi connectivity index (χ0n) is 23.8. The molecule has 1 atom stereocenters. The lowest BCUT2D eigenvalue weighted by molar-refractivity contribution is -0.139. The van der Waals surface area contributed by atoms with Crippen LogP contribution in [0, 0.1) is 13.8 Å². The van der Waals surface area contributed by atoms with Crippen molar-refractivity contribution in [1.82, 2.24) is 10.2 Å². The summed E-state index contributed by atoms with van der Waals surface area (Å²) >= 11 is 6.24. The lowest BCUT2D eigenvalue weighted by Crippen LogP contribution is -2.53. The summed E-state index contributed by atoms with van der Waals surface area (Å²) in [5, 5.41) is 3.46. The number of rotatable bonds is 10. The second kappa shape index (κ2) is 13.5. The van der Waals surface area contributed by atoms with Crippen LogP contribution in [-0.4, -0.2) is 43.8 Å². The van der Waals surface area contributed by atoms with Crippen LogP contribution in [-0.2, 0) is 26.2 Å². The molecule has 9 heteroatoms. The Morgan fingerprint density at radius 2 is 1.54 bits per heavy atom. The highest BCUT2D eigenvalue weighted by Crippen LogP contribution is 2.27. The van der Waals surface area contributed by atoms with Gasteiger partial charge in [-0.1, -0.05) is 84.5 Å². The van der Waals surface area contributed by atoms with E-state index in [1.165, 1.54) is 23.1 Å². The van der Waals surface area contributed by atoms with E-state index in [0.717, 1.165) is 53.1 Å². The maximum atomic E-state index is 14.1. The molecule has 2 amide bonds. The molecule has 1 aliphatic carbocycles. The molecule has 1 saturated carbocycles. The molecule has 3 aromatic rings. The molecule has 1 N–H and O–H groups in total. The van der Waals surface area contributed by atoms with Crippen LogP contribution in [0.15, 0.2) is 77.7 Å². The molecular weight excluding hydrogens is 558 g/mol. The largest absolute Gasteiger partial charge is 0.352 e. The van der Waals surface area contributed by atoms with Gasteiger partial charge in [0.25, 0.3) is 10.0 Å². The Balaban J connectivity index is 1.67. The highest BCUT2D eigenvalue weighted by atomic mass is 35.5. The maximum absolute atomic E-state index is 14.1. The van der Waals surface area contributed by atoms with Crippen LogP contribution in [0.5, 0.6) is 0 Å². The fourth-order valence-corrected chi connectivity index (χ4v) is 6.63. The Morgan fingerprint density at radius 1 is 0.927 bits per heavy atom. The van der Waals surface area contributed by atoms with Gasteiger partial charge in [-0.2, -0.15) is 0 Å². The van der Waals surface area contributed by atoms with Gasteiger partial charge in [0, 0.05) is 17.6 Å². The highest BCUT2D eigenvalue weighted by Gasteiger charge is 2.33. The van der Waals surface area contributed by atoms with Crippen molar-refractivity contribution in [1.29, 1.82) is 0 Å². The summed E-state index contributed by atoms with van der Waals surface area (Å²) < 4.78 is 28.9. The molecule has 0 unspecified atom stereocenters. The number of aryl methyl sites for hydroxylation is 2. The SMILES string of the molecule is Cc1ccc(CN(C(=O)CN(c2cccc(Cl)c2)S(=O)(=O)c2ccc(C)cc2)[C@@H](C)C(=O)NC2CCCCC2)cc1. The zero-order valence-corrected chi connectivity index (χ0v) is 25.4. The lowest BCUT2D eigenvalue weighted by atomic mass is 9.95. The Hall–Kier alpha value is -3.36. The second-order valence-corrected chi connectivity index (χ2v) is 13.1. The number of sulfonamides is 1. The molecule has 218 valence electrons. The molecule has 0 aliphatic heterocycles. The first-order valence-electron chi connectivity index (χ1n) is 14.0. The minimum Gasteiger partial charge on any atom is -0.352 e. The standard InChI is InChI=1S/C32H38ClN3O4S/c1-23-12-16-26(17-13-23)21-35(25(3)32(38)34-28-9-5-4-6-10-28)31(37)22-36(29-11-7-8-27(33)20-29)41(39,40)30-18-14-24(2)15-19-30/h7-8,11-20,25,28H,4-6,9-10,21-22H2,1-3H3,(H,34,38)/t25-/m0/s1. The van der Waals surface area contributed by atoms with Crippen molar-refractivity contribution in [2.45, 2.75) is 76.4 Å². The van der Waals surface area contributed by atoms with Gasteiger partial charge in [0.05, 0.1) is 10.6 Å². The topological polar surface area (TPSA) is 86.8 Å². The number of amides is 2. The number of carbonyl (C=O) groups excluding carboxylic acids is 2. The van der Waals surface area contributed by atoms with Gasteiger partial charge in [-0.25, -0.2) is 8.42 Å². The molecule has 0 spiro atoms. The molecule has 3 aromatic carbocycles. The van der Waals surface area contributed by atoms with E-state index in [-0.39, 0.29) is 29.1 Å². The van der Waals surface area contributed by atoms with Gasteiger partial charge in [-0.05, 0) is 69.5 Å². The zero-order chi connectivity index (χ0) is 29.6. The second-order valence-electron chi connectivity index (χ2n) is 10.8. The average molecular weight is 596 g/mol. The summed E-state index contributed by atoms with van der Waals surface area (Å²) in [5.41, 5.74) is 3.10. The van der Waals surface area contributed by atoms with Crippen molar-refractivity contribution in [2.75, 3.05) is 10.8 Å². The Kier molecular flexibility index (Phi) is 10.1. The van der Waals surface area contributed by atoms with Gasteiger partial charge in [-0.15, -0.1) is 0 Å². The van der Waals surface area contributed by atoms with E-state index in [0.29, 0.717) is 5.02 Å². The van der Waals surface area contributed by atoms with E-state index >= 15 is 0 Å². The third kappa shape index (κ3) is 7.89. The minimum atomic E-state index is -4.14. The molecule has 41 heavy (non-hydrogen) atoms. The smallest absolute Gasteiger partial charge is 0.264 e. The van der Waals surface area contributed by atoms with Crippen LogP contribution < -0.4 is 9.62 Å². The molecule has 7 nitrogen and oxygen atoms in total. The van der Waals surface area contributed by atoms with Crippen molar-refractivity contribution in [3.8, 4) is 0 Å². The number of benzene rings is 3. The van der Waals surface area contributed by atoms with E-state index in [2.05, 4.69) is 5.32 Å². The van der Waals surface area contributed by atoms with Gasteiger partial charge < -0.3 is 10.2 Å². The Bertz CT molecular complexity index is 1450. The van der Waals surface area contributed by atoms with Crippen molar-refractivity contribution >= 4 is 39.1 Å². The van der Waals surface area contributed by atoms with Crippen molar-refractivity contribution in [3.63, 3.8) is 0 Å². The number of anilines is 1. The third-order valence-corrected chi connectivity index (χ3v) is 9.60. The molecule has 1 aliphatic rings. The predicted octanol–water partition coefficient (Wildman–Crippen LogP) is 6.02. The first-order chi connectivity index (χ1) is 19.5. The minimum absolute atomic E-state index is 0.0593. The van der Waals surface area contributed by atoms with Crippen molar-refractivity contribution in [2.24, 2.45) is 0 Å². The molecule has 0 heterocycles. The van der Waals surface area contributed by atoms with Crippen LogP contribution in [0.2, 0.25) is 5.02 Å². The first-order valence-corrected chi connectivity index (χ1v) is 15.9. The van der Waals surface area contributed by atoms with E-state index in [1.54, 1.807) is 37.3 Å². The Morgan fingerprint density at radius 3 is 2.15 bits per heavy atom. The van der Waals surface area contributed by atoms with Gasteiger partial charge in [-0.3, -0.25) is 13.9 Å². The first kappa shape index (κ1) is 30.6. The summed E-state index contributed by atoms with van der Waals surface area (Å²) in [6.45, 7) is 5.21. The molecule has 0 radical (unpaired) electrons. The van der Waals surface area contributed by atoms with Gasteiger partial charge in [0.2, 0.25) is 11.8 Å². The van der Waals surface area contributed by atoms with E-state index in [1.807, 2.05) is 38.1 Å². The maximum Gasteiger partial charge on any atom is 0.264 e. The molecular formula is C32H38ClN3O4S. The van der Waals surface area contributed by atoms with Crippen LogP contribution in [0.1, 0.15) is 55.7 Å². The average Bonchev–Trinajstić information content (AvgIpc) is 2.95. The number of nitrogens with zero attached hydrogens (tertiary/aromatic N) is 2. The molecule has 0 bridgehead atoms. The lowest BCUT2D eigenvalue weighted by Gasteiger charge is -2.33. The van der Waals surface area contributed by atoms with E-state index in [9.17, 15) is 18.0 Å². The summed E-state index contributed by atoms with van der Waals surface area (Å²) in [6, 6.07) is 19.9. The number of hydrogen-bond donors (Lipinski definition) is 1. The molecule has 4 rings (SSSR count). The number of hydrogen-bond acceptors (Lipinski definition) is 4. The van der Waals surface area contributed by atoms with Gasteiger partial charge in [0.1, 0.15) is 12.6 Å². The summed E-state index contributed by atoms with van der Waals surface area (Å²) in [7, 11) is -4.14. The third-order valence-electron chi connectivity index (χ3n) is 7.58. The van der Waals surface area contributed by atoms with Gasteiger partial charge >= 0.3 is 0 Å². The van der Waals surface area contributed by atoms with Crippen LogP contribution in [0.25, 0.3) is 0 Å². The quantitative estimate of drug-likeness (QED) is 0.311. The molecule has 0 saturated heterocycles. The fraction of sp³-hybridized carbons (Fsp3) is 0.375. The normalized spacial score (nSPS) is 14.7. The monoisotopic (exact) mass is 595 g/mol. The number of nitrogens with one attached hydrogen (secondary N) is 1. The van der Waals surface area contributed by atoms with Crippen molar-refractivity contribution < 1.29 is 18.0 Å². The number of carbonyl (C=O) groups is 2. The van der Waals surface area contributed by atoms with E-state index in [4.69, 9.17) is 11.6 Å². The Labute approximate surface area is 248 Å². The van der Waals surface area contributed by atoms with Crippen LogP contribution >= 0.6 is 11.6 Å². The van der Waals surface area contributed by atoms with Crippen molar-refractivity contribution in [3.05, 3.63) is 94.5 Å². The molecule has 0 aromatic heterocycles. The summed E-state index contributed by atoms with van der Waals surface area (Å²) in [5.74, 6) is -0.736. The summed E-state index contributed by atoms with van der Waals surface area (Å²) in [4.78, 5) is 29.0.